The Morgan fingerprint density at radius 1 is 1.36 bits per heavy atom. The first-order chi connectivity index (χ1) is 10.8. The lowest BCUT2D eigenvalue weighted by Crippen LogP contribution is -2.32. The van der Waals surface area contributed by atoms with E-state index in [1.54, 1.807) is 4.90 Å². The van der Waals surface area contributed by atoms with Crippen LogP contribution in [0.2, 0.25) is 0 Å². The first-order valence-electron chi connectivity index (χ1n) is 8.24. The van der Waals surface area contributed by atoms with Crippen LogP contribution >= 0.6 is 0 Å². The molecule has 0 spiro atoms. The molecule has 3 heterocycles. The van der Waals surface area contributed by atoms with E-state index >= 15 is 0 Å². The van der Waals surface area contributed by atoms with Crippen LogP contribution in [-0.4, -0.2) is 58.4 Å². The molecule has 2 unspecified atom stereocenters. The second-order valence-corrected chi connectivity index (χ2v) is 6.50. The van der Waals surface area contributed by atoms with Crippen LogP contribution < -0.4 is 0 Å². The van der Waals surface area contributed by atoms with E-state index in [1.807, 2.05) is 10.9 Å². The third-order valence-electron chi connectivity index (χ3n) is 4.74. The Hall–Kier alpha value is -1.63. The molecule has 120 valence electrons. The average Bonchev–Trinajstić information content (AvgIpc) is 3.02. The molecule has 2 atom stereocenters. The first-order valence-corrected chi connectivity index (χ1v) is 8.24. The summed E-state index contributed by atoms with van der Waals surface area (Å²) in [6.07, 6.45) is 7.30. The number of hydrogen-bond donors (Lipinski definition) is 0. The lowest BCUT2D eigenvalue weighted by atomic mass is 10.2. The molecule has 0 bridgehead atoms. The predicted molar refractivity (Wildman–Crippen MR) is 77.5 cm³/mol. The van der Waals surface area contributed by atoms with Gasteiger partial charge in [-0.3, -0.25) is 0 Å². The van der Waals surface area contributed by atoms with E-state index < -0.39 is 0 Å². The highest BCUT2D eigenvalue weighted by molar-refractivity contribution is 5.68. The number of aromatic nitrogens is 3. The van der Waals surface area contributed by atoms with Gasteiger partial charge in [0, 0.05) is 31.8 Å². The molecule has 1 aromatic heterocycles. The number of likely N-dealkylation sites (tertiary alicyclic amines) is 1. The molecule has 2 aliphatic heterocycles. The van der Waals surface area contributed by atoms with E-state index in [9.17, 15) is 4.79 Å². The fourth-order valence-electron chi connectivity index (χ4n) is 3.19. The zero-order valence-electron chi connectivity index (χ0n) is 12.7. The van der Waals surface area contributed by atoms with E-state index in [2.05, 4.69) is 10.3 Å². The Bertz CT molecular complexity index is 537. The van der Waals surface area contributed by atoms with Gasteiger partial charge in [0.15, 0.2) is 0 Å². The molecule has 7 heteroatoms. The maximum absolute atomic E-state index is 12.1. The lowest BCUT2D eigenvalue weighted by Gasteiger charge is -2.18. The molecule has 0 N–H and O–H groups in total. The molecule has 3 fully saturated rings. The SMILES string of the molecule is O=C(OCC1CCCO1)N1CCC(n2cc(C3CC3)nn2)C1. The normalized spacial score (nSPS) is 28.3. The third-order valence-corrected chi connectivity index (χ3v) is 4.74. The quantitative estimate of drug-likeness (QED) is 0.847. The largest absolute Gasteiger partial charge is 0.447 e. The number of amides is 1. The van der Waals surface area contributed by atoms with E-state index in [4.69, 9.17) is 9.47 Å². The summed E-state index contributed by atoms with van der Waals surface area (Å²) in [6.45, 7) is 2.52. The molecule has 0 aromatic carbocycles. The van der Waals surface area contributed by atoms with E-state index in [1.165, 1.54) is 12.8 Å². The molecule has 7 nitrogen and oxygen atoms in total. The molecule has 1 amide bonds. The molecule has 2 saturated heterocycles. The van der Waals surface area contributed by atoms with Crippen molar-refractivity contribution in [2.75, 3.05) is 26.3 Å². The van der Waals surface area contributed by atoms with Crippen molar-refractivity contribution in [2.24, 2.45) is 0 Å². The Morgan fingerprint density at radius 2 is 2.27 bits per heavy atom. The summed E-state index contributed by atoms with van der Waals surface area (Å²) in [7, 11) is 0. The molecule has 1 saturated carbocycles. The number of carbonyl (C=O) groups is 1. The van der Waals surface area contributed by atoms with Gasteiger partial charge < -0.3 is 14.4 Å². The van der Waals surface area contributed by atoms with E-state index in [0.717, 1.165) is 31.6 Å². The Morgan fingerprint density at radius 3 is 3.05 bits per heavy atom. The van der Waals surface area contributed by atoms with Crippen molar-refractivity contribution in [1.29, 1.82) is 0 Å². The second-order valence-electron chi connectivity index (χ2n) is 6.50. The van der Waals surface area contributed by atoms with Crippen molar-refractivity contribution in [1.82, 2.24) is 19.9 Å². The van der Waals surface area contributed by atoms with Crippen LogP contribution in [0, 0.1) is 0 Å². The fourth-order valence-corrected chi connectivity index (χ4v) is 3.19. The van der Waals surface area contributed by atoms with Crippen molar-refractivity contribution in [3.05, 3.63) is 11.9 Å². The molecule has 0 radical (unpaired) electrons. The van der Waals surface area contributed by atoms with Crippen LogP contribution in [-0.2, 0) is 9.47 Å². The summed E-state index contributed by atoms with van der Waals surface area (Å²) in [5.41, 5.74) is 1.10. The molecular formula is C15H22N4O3. The number of ether oxygens (including phenoxy) is 2. The number of hydrogen-bond acceptors (Lipinski definition) is 5. The number of nitrogens with zero attached hydrogens (tertiary/aromatic N) is 4. The zero-order chi connectivity index (χ0) is 14.9. The van der Waals surface area contributed by atoms with Crippen molar-refractivity contribution in [2.45, 2.75) is 50.2 Å². The van der Waals surface area contributed by atoms with Crippen LogP contribution in [0.4, 0.5) is 4.79 Å². The minimum absolute atomic E-state index is 0.0822. The van der Waals surface area contributed by atoms with Gasteiger partial charge in [-0.05, 0) is 32.1 Å². The molecule has 1 aliphatic carbocycles. The van der Waals surface area contributed by atoms with E-state index in [-0.39, 0.29) is 18.2 Å². The summed E-state index contributed by atoms with van der Waals surface area (Å²) < 4.78 is 12.8. The van der Waals surface area contributed by atoms with Gasteiger partial charge >= 0.3 is 6.09 Å². The lowest BCUT2D eigenvalue weighted by molar-refractivity contribution is 0.0321. The van der Waals surface area contributed by atoms with Crippen LogP contribution in [0.25, 0.3) is 0 Å². The van der Waals surface area contributed by atoms with E-state index in [0.29, 0.717) is 25.6 Å². The molecule has 1 aromatic rings. The van der Waals surface area contributed by atoms with Crippen molar-refractivity contribution in [3.63, 3.8) is 0 Å². The molecule has 4 rings (SSSR count). The van der Waals surface area contributed by atoms with Crippen molar-refractivity contribution in [3.8, 4) is 0 Å². The monoisotopic (exact) mass is 306 g/mol. The minimum Gasteiger partial charge on any atom is -0.447 e. The summed E-state index contributed by atoms with van der Waals surface area (Å²) in [6, 6.07) is 0.218. The van der Waals surface area contributed by atoms with Crippen molar-refractivity contribution < 1.29 is 14.3 Å². The van der Waals surface area contributed by atoms with Gasteiger partial charge in [-0.1, -0.05) is 5.21 Å². The minimum atomic E-state index is -0.236. The van der Waals surface area contributed by atoms with Gasteiger partial charge in [0.05, 0.1) is 17.8 Å². The van der Waals surface area contributed by atoms with Gasteiger partial charge in [-0.15, -0.1) is 5.10 Å². The molecular weight excluding hydrogens is 284 g/mol. The first kappa shape index (κ1) is 14.0. The second kappa shape index (κ2) is 5.87. The van der Waals surface area contributed by atoms with Gasteiger partial charge in [0.25, 0.3) is 0 Å². The standard InChI is InChI=1S/C15H22N4O3/c20-15(22-10-13-2-1-7-21-13)18-6-5-12(8-18)19-9-14(16-17-19)11-3-4-11/h9,11-13H,1-8,10H2. The van der Waals surface area contributed by atoms with Gasteiger partial charge in [0.1, 0.15) is 6.61 Å². The maximum Gasteiger partial charge on any atom is 0.409 e. The average molecular weight is 306 g/mol. The molecule has 3 aliphatic rings. The Labute approximate surface area is 129 Å². The fraction of sp³-hybridized carbons (Fsp3) is 0.800. The van der Waals surface area contributed by atoms with Crippen molar-refractivity contribution >= 4 is 6.09 Å². The highest BCUT2D eigenvalue weighted by Crippen LogP contribution is 2.39. The number of carbonyl (C=O) groups excluding carboxylic acids is 1. The summed E-state index contributed by atoms with van der Waals surface area (Å²) in [5, 5.41) is 8.47. The molecule has 22 heavy (non-hydrogen) atoms. The van der Waals surface area contributed by atoms with Gasteiger partial charge in [0.2, 0.25) is 0 Å². The number of rotatable bonds is 4. The summed E-state index contributed by atoms with van der Waals surface area (Å²) in [5.74, 6) is 0.614. The highest BCUT2D eigenvalue weighted by Gasteiger charge is 2.32. The maximum atomic E-state index is 12.1. The Balaban J connectivity index is 1.28. The van der Waals surface area contributed by atoms with Gasteiger partial charge in [-0.2, -0.15) is 0 Å². The highest BCUT2D eigenvalue weighted by atomic mass is 16.6. The zero-order valence-corrected chi connectivity index (χ0v) is 12.7. The van der Waals surface area contributed by atoms with Crippen LogP contribution in [0.15, 0.2) is 6.20 Å². The summed E-state index contributed by atoms with van der Waals surface area (Å²) in [4.78, 5) is 13.9. The van der Waals surface area contributed by atoms with Crippen LogP contribution in [0.1, 0.15) is 49.8 Å². The smallest absolute Gasteiger partial charge is 0.409 e. The Kier molecular flexibility index (Phi) is 3.73. The topological polar surface area (TPSA) is 69.5 Å². The summed E-state index contributed by atoms with van der Waals surface area (Å²) >= 11 is 0. The van der Waals surface area contributed by atoms with Crippen LogP contribution in [0.3, 0.4) is 0 Å². The predicted octanol–water partition coefficient (Wildman–Crippen LogP) is 1.72. The third kappa shape index (κ3) is 2.95. The van der Waals surface area contributed by atoms with Gasteiger partial charge in [-0.25, -0.2) is 9.48 Å². The van der Waals surface area contributed by atoms with Crippen LogP contribution in [0.5, 0.6) is 0 Å².